The third-order valence-electron chi connectivity index (χ3n) is 4.04. The zero-order chi connectivity index (χ0) is 19.2. The molecule has 140 valence electrons. The molecule has 0 unspecified atom stereocenters. The van der Waals surface area contributed by atoms with Crippen LogP contribution in [0, 0.1) is 5.82 Å². The van der Waals surface area contributed by atoms with Gasteiger partial charge in [0.05, 0.1) is 18.0 Å². The summed E-state index contributed by atoms with van der Waals surface area (Å²) in [6.45, 7) is 2.41. The van der Waals surface area contributed by atoms with Crippen molar-refractivity contribution in [3.05, 3.63) is 69.9 Å². The van der Waals surface area contributed by atoms with Crippen LogP contribution in [-0.4, -0.2) is 27.4 Å². The minimum absolute atomic E-state index is 0.0313. The molecule has 2 aromatic carbocycles. The Morgan fingerprint density at radius 3 is 2.56 bits per heavy atom. The zero-order valence-corrected chi connectivity index (χ0v) is 17.2. The number of rotatable bonds is 6. The molecule has 0 saturated carbocycles. The lowest BCUT2D eigenvalue weighted by molar-refractivity contribution is -0.126. The fourth-order valence-electron chi connectivity index (χ4n) is 2.64. The monoisotopic (exact) mass is 447 g/mol. The molecular weight excluding hydrogens is 429 g/mol. The van der Waals surface area contributed by atoms with Crippen LogP contribution in [0.2, 0.25) is 0 Å². The molecule has 7 heteroatoms. The van der Waals surface area contributed by atoms with E-state index >= 15 is 0 Å². The fourth-order valence-corrected chi connectivity index (χ4v) is 4.12. The van der Waals surface area contributed by atoms with Crippen LogP contribution in [0.1, 0.15) is 30.9 Å². The van der Waals surface area contributed by atoms with E-state index in [4.69, 9.17) is 0 Å². The number of thioether (sulfide) groups is 1. The van der Waals surface area contributed by atoms with Crippen molar-refractivity contribution in [3.8, 4) is 0 Å². The second-order valence-electron chi connectivity index (χ2n) is 6.12. The summed E-state index contributed by atoms with van der Waals surface area (Å²) < 4.78 is 14.1. The van der Waals surface area contributed by atoms with Gasteiger partial charge in [0, 0.05) is 4.47 Å². The van der Waals surface area contributed by atoms with Gasteiger partial charge >= 0.3 is 0 Å². The smallest absolute Gasteiger partial charge is 0.242 e. The van der Waals surface area contributed by atoms with Crippen molar-refractivity contribution in [1.82, 2.24) is 4.90 Å². The number of carbonyl (C=O) groups excluding carboxylic acids is 1. The number of amidine groups is 1. The third-order valence-corrected chi connectivity index (χ3v) is 5.81. The summed E-state index contributed by atoms with van der Waals surface area (Å²) in [4.78, 5) is 14.4. The van der Waals surface area contributed by atoms with Crippen LogP contribution in [-0.2, 0) is 11.3 Å². The minimum atomic E-state index is -0.294. The first-order chi connectivity index (χ1) is 13.1. The van der Waals surface area contributed by atoms with E-state index in [9.17, 15) is 9.18 Å². The standard InChI is InChI=1S/C20H19BrFN3OS/c1-2-3-18-19(26)25(13-15-6-10-17(22)11-7-15)20(27-18)24-23-12-14-4-8-16(21)9-5-14/h4-12,18H,2-3,13H2,1H3/b23-12-,24-20+/t18-/m1/s1. The normalized spacial score (nSPS) is 18.8. The molecule has 1 aliphatic rings. The lowest BCUT2D eigenvalue weighted by Crippen LogP contribution is -2.31. The number of halogens is 2. The largest absolute Gasteiger partial charge is 0.284 e. The molecule has 0 aliphatic carbocycles. The maximum Gasteiger partial charge on any atom is 0.242 e. The molecule has 1 heterocycles. The summed E-state index contributed by atoms with van der Waals surface area (Å²) in [5.74, 6) is -0.263. The number of amides is 1. The van der Waals surface area contributed by atoms with E-state index in [2.05, 4.69) is 33.1 Å². The van der Waals surface area contributed by atoms with E-state index in [0.717, 1.165) is 28.4 Å². The molecule has 0 aromatic heterocycles. The Morgan fingerprint density at radius 1 is 1.19 bits per heavy atom. The van der Waals surface area contributed by atoms with E-state index in [-0.39, 0.29) is 17.0 Å². The van der Waals surface area contributed by atoms with Crippen molar-refractivity contribution >= 4 is 45.0 Å². The lowest BCUT2D eigenvalue weighted by atomic mass is 10.2. The Labute approximate surface area is 170 Å². The average molecular weight is 448 g/mol. The van der Waals surface area contributed by atoms with Gasteiger partial charge in [-0.3, -0.25) is 9.69 Å². The first-order valence-corrected chi connectivity index (χ1v) is 10.3. The first kappa shape index (κ1) is 19.8. The van der Waals surface area contributed by atoms with Gasteiger partial charge in [0.2, 0.25) is 5.91 Å². The van der Waals surface area contributed by atoms with Crippen LogP contribution in [0.4, 0.5) is 4.39 Å². The van der Waals surface area contributed by atoms with Gasteiger partial charge in [-0.1, -0.05) is 65.3 Å². The molecule has 0 spiro atoms. The molecule has 4 nitrogen and oxygen atoms in total. The molecule has 1 fully saturated rings. The third kappa shape index (κ3) is 5.26. The number of carbonyl (C=O) groups is 1. The zero-order valence-electron chi connectivity index (χ0n) is 14.8. The molecule has 3 rings (SSSR count). The Kier molecular flexibility index (Phi) is 6.79. The van der Waals surface area contributed by atoms with Crippen molar-refractivity contribution < 1.29 is 9.18 Å². The predicted molar refractivity (Wildman–Crippen MR) is 112 cm³/mol. The predicted octanol–water partition coefficient (Wildman–Crippen LogP) is 5.22. The average Bonchev–Trinajstić information content (AvgIpc) is 2.94. The molecule has 27 heavy (non-hydrogen) atoms. The lowest BCUT2D eigenvalue weighted by Gasteiger charge is -2.15. The highest BCUT2D eigenvalue weighted by atomic mass is 79.9. The highest BCUT2D eigenvalue weighted by Gasteiger charge is 2.37. The van der Waals surface area contributed by atoms with Gasteiger partial charge < -0.3 is 0 Å². The second kappa shape index (κ2) is 9.28. The van der Waals surface area contributed by atoms with Crippen molar-refractivity contribution in [3.63, 3.8) is 0 Å². The number of hydrogen-bond acceptors (Lipinski definition) is 4. The Balaban J connectivity index is 1.79. The topological polar surface area (TPSA) is 45.0 Å². The van der Waals surface area contributed by atoms with Crippen LogP contribution in [0.5, 0.6) is 0 Å². The van der Waals surface area contributed by atoms with E-state index < -0.39 is 0 Å². The first-order valence-electron chi connectivity index (χ1n) is 8.66. The second-order valence-corrected chi connectivity index (χ2v) is 8.21. The summed E-state index contributed by atoms with van der Waals surface area (Å²) in [6.07, 6.45) is 3.37. The Bertz CT molecular complexity index is 853. The molecule has 1 saturated heterocycles. The number of nitrogens with zero attached hydrogens (tertiary/aromatic N) is 3. The van der Waals surface area contributed by atoms with Gasteiger partial charge in [0.25, 0.3) is 0 Å². The van der Waals surface area contributed by atoms with Gasteiger partial charge in [0.15, 0.2) is 5.17 Å². The molecule has 2 aromatic rings. The van der Waals surface area contributed by atoms with E-state index in [1.807, 2.05) is 24.3 Å². The highest BCUT2D eigenvalue weighted by molar-refractivity contribution is 9.10. The van der Waals surface area contributed by atoms with Crippen LogP contribution < -0.4 is 0 Å². The maximum atomic E-state index is 13.1. The van der Waals surface area contributed by atoms with E-state index in [0.29, 0.717) is 11.7 Å². The minimum Gasteiger partial charge on any atom is -0.284 e. The SMILES string of the molecule is CCC[C@H]1S/C(=N/N=C\c2ccc(Br)cc2)N(Cc2ccc(F)cc2)C1=O. The van der Waals surface area contributed by atoms with E-state index in [1.54, 1.807) is 23.2 Å². The van der Waals surface area contributed by atoms with Crippen LogP contribution >= 0.6 is 27.7 Å². The van der Waals surface area contributed by atoms with Crippen LogP contribution in [0.25, 0.3) is 0 Å². The molecule has 0 radical (unpaired) electrons. The van der Waals surface area contributed by atoms with Gasteiger partial charge in [-0.25, -0.2) is 4.39 Å². The quantitative estimate of drug-likeness (QED) is 0.449. The number of hydrogen-bond donors (Lipinski definition) is 0. The van der Waals surface area contributed by atoms with Crippen LogP contribution in [0.3, 0.4) is 0 Å². The summed E-state index contributed by atoms with van der Waals surface area (Å²) in [6, 6.07) is 13.9. The van der Waals surface area contributed by atoms with Gasteiger partial charge in [-0.2, -0.15) is 5.10 Å². The maximum absolute atomic E-state index is 13.1. The van der Waals surface area contributed by atoms with E-state index in [1.165, 1.54) is 23.9 Å². The van der Waals surface area contributed by atoms with Gasteiger partial charge in [0.1, 0.15) is 5.82 Å². The van der Waals surface area contributed by atoms with Crippen molar-refractivity contribution in [1.29, 1.82) is 0 Å². The molecule has 1 atom stereocenters. The Hall–Kier alpha value is -1.99. The number of benzene rings is 2. The van der Waals surface area contributed by atoms with Gasteiger partial charge in [-0.15, -0.1) is 5.10 Å². The van der Waals surface area contributed by atoms with Gasteiger partial charge in [-0.05, 0) is 41.8 Å². The van der Waals surface area contributed by atoms with Crippen molar-refractivity contribution in [2.45, 2.75) is 31.6 Å². The Morgan fingerprint density at radius 2 is 1.89 bits per heavy atom. The molecule has 1 amide bonds. The fraction of sp³-hybridized carbons (Fsp3) is 0.250. The summed E-state index contributed by atoms with van der Waals surface area (Å²) >= 11 is 4.84. The van der Waals surface area contributed by atoms with Crippen LogP contribution in [0.15, 0.2) is 63.2 Å². The van der Waals surface area contributed by atoms with Crippen molar-refractivity contribution in [2.24, 2.45) is 10.2 Å². The summed E-state index contributed by atoms with van der Waals surface area (Å²) in [7, 11) is 0. The summed E-state index contributed by atoms with van der Waals surface area (Å²) in [5, 5.41) is 8.89. The molecule has 0 N–H and O–H groups in total. The van der Waals surface area contributed by atoms with Crippen molar-refractivity contribution in [2.75, 3.05) is 0 Å². The highest BCUT2D eigenvalue weighted by Crippen LogP contribution is 2.31. The molecular formula is C20H19BrFN3OS. The summed E-state index contributed by atoms with van der Waals surface area (Å²) in [5.41, 5.74) is 1.78. The molecule has 1 aliphatic heterocycles. The molecule has 0 bridgehead atoms.